The van der Waals surface area contributed by atoms with E-state index < -0.39 is 0 Å². The zero-order chi connectivity index (χ0) is 11.9. The summed E-state index contributed by atoms with van der Waals surface area (Å²) in [5, 5.41) is 3.56. The third kappa shape index (κ3) is 4.84. The lowest BCUT2D eigenvalue weighted by atomic mass is 9.84. The van der Waals surface area contributed by atoms with Gasteiger partial charge in [0.15, 0.2) is 0 Å². The van der Waals surface area contributed by atoms with Crippen molar-refractivity contribution in [1.29, 1.82) is 0 Å². The minimum atomic E-state index is 0.150. The molecule has 1 N–H and O–H groups in total. The van der Waals surface area contributed by atoms with E-state index in [1.54, 1.807) is 0 Å². The van der Waals surface area contributed by atoms with E-state index in [2.05, 4.69) is 26.1 Å². The lowest BCUT2D eigenvalue weighted by molar-refractivity contribution is -0.0702. The van der Waals surface area contributed by atoms with Crippen molar-refractivity contribution in [3.63, 3.8) is 0 Å². The fraction of sp³-hybridized carbons (Fsp3) is 1.00. The molecule has 16 heavy (non-hydrogen) atoms. The van der Waals surface area contributed by atoms with Crippen LogP contribution in [0.3, 0.4) is 0 Å². The first kappa shape index (κ1) is 14.0. The lowest BCUT2D eigenvalue weighted by Gasteiger charge is -2.38. The molecule has 1 aliphatic carbocycles. The lowest BCUT2D eigenvalue weighted by Crippen LogP contribution is -2.46. The summed E-state index contributed by atoms with van der Waals surface area (Å²) < 4.78 is 6.20. The third-order valence-corrected chi connectivity index (χ3v) is 3.50. The molecule has 96 valence electrons. The molecule has 1 aliphatic rings. The maximum absolute atomic E-state index is 6.20. The highest BCUT2D eigenvalue weighted by atomic mass is 16.5. The minimum absolute atomic E-state index is 0.150. The Labute approximate surface area is 101 Å². The van der Waals surface area contributed by atoms with Gasteiger partial charge in [-0.05, 0) is 19.3 Å². The molecule has 0 saturated heterocycles. The molecule has 0 atom stereocenters. The first-order valence-corrected chi connectivity index (χ1v) is 7.06. The van der Waals surface area contributed by atoms with Crippen molar-refractivity contribution in [2.45, 2.75) is 77.4 Å². The van der Waals surface area contributed by atoms with E-state index in [1.807, 2.05) is 0 Å². The number of hydrogen-bond acceptors (Lipinski definition) is 2. The van der Waals surface area contributed by atoms with E-state index in [0.29, 0.717) is 6.04 Å². The van der Waals surface area contributed by atoms with Crippen LogP contribution in [0.15, 0.2) is 0 Å². The summed E-state index contributed by atoms with van der Waals surface area (Å²) >= 11 is 0. The van der Waals surface area contributed by atoms with Crippen molar-refractivity contribution in [2.24, 2.45) is 0 Å². The Morgan fingerprint density at radius 1 is 1.19 bits per heavy atom. The quantitative estimate of drug-likeness (QED) is 0.672. The molecule has 2 heteroatoms. The second-order valence-electron chi connectivity index (χ2n) is 5.48. The van der Waals surface area contributed by atoms with Crippen LogP contribution in [0.4, 0.5) is 0 Å². The van der Waals surface area contributed by atoms with Gasteiger partial charge >= 0.3 is 0 Å². The molecular formula is C14H29NO. The zero-order valence-electron chi connectivity index (χ0n) is 11.3. The van der Waals surface area contributed by atoms with Crippen LogP contribution < -0.4 is 5.32 Å². The first-order chi connectivity index (χ1) is 7.68. The fourth-order valence-electron chi connectivity index (χ4n) is 2.39. The number of ether oxygens (including phenoxy) is 1. The summed E-state index contributed by atoms with van der Waals surface area (Å²) in [5.74, 6) is 0. The van der Waals surface area contributed by atoms with Gasteiger partial charge in [-0.2, -0.15) is 0 Å². The zero-order valence-corrected chi connectivity index (χ0v) is 11.3. The molecule has 0 amide bonds. The highest BCUT2D eigenvalue weighted by Gasteiger charge is 2.32. The SMILES string of the molecule is CCCCOC1(CNC(C)C)CCCCC1. The molecule has 2 nitrogen and oxygen atoms in total. The molecule has 1 saturated carbocycles. The van der Waals surface area contributed by atoms with Crippen LogP contribution in [-0.2, 0) is 4.74 Å². The van der Waals surface area contributed by atoms with Crippen molar-refractivity contribution in [3.05, 3.63) is 0 Å². The van der Waals surface area contributed by atoms with Gasteiger partial charge in [-0.3, -0.25) is 0 Å². The van der Waals surface area contributed by atoms with Crippen LogP contribution in [0.25, 0.3) is 0 Å². The Bertz CT molecular complexity index is 174. The molecule has 0 bridgehead atoms. The highest BCUT2D eigenvalue weighted by molar-refractivity contribution is 4.87. The van der Waals surface area contributed by atoms with E-state index in [4.69, 9.17) is 4.74 Å². The summed E-state index contributed by atoms with van der Waals surface area (Å²) in [7, 11) is 0. The molecule has 0 spiro atoms. The molecule has 1 rings (SSSR count). The highest BCUT2D eigenvalue weighted by Crippen LogP contribution is 2.31. The summed E-state index contributed by atoms with van der Waals surface area (Å²) in [6, 6.07) is 0.563. The number of unbranched alkanes of at least 4 members (excludes halogenated alkanes) is 1. The summed E-state index contributed by atoms with van der Waals surface area (Å²) in [5.41, 5.74) is 0.150. The maximum Gasteiger partial charge on any atom is 0.0806 e. The normalized spacial score (nSPS) is 20.2. The average molecular weight is 227 g/mol. The minimum Gasteiger partial charge on any atom is -0.374 e. The Balaban J connectivity index is 2.39. The molecule has 0 aromatic rings. The van der Waals surface area contributed by atoms with Crippen molar-refractivity contribution in [1.82, 2.24) is 5.32 Å². The van der Waals surface area contributed by atoms with Gasteiger partial charge in [-0.15, -0.1) is 0 Å². The number of hydrogen-bond donors (Lipinski definition) is 1. The van der Waals surface area contributed by atoms with E-state index in [9.17, 15) is 0 Å². The molecule has 0 radical (unpaired) electrons. The predicted octanol–water partition coefficient (Wildman–Crippen LogP) is 3.50. The Morgan fingerprint density at radius 2 is 1.88 bits per heavy atom. The van der Waals surface area contributed by atoms with Gasteiger partial charge in [0.2, 0.25) is 0 Å². The van der Waals surface area contributed by atoms with Gasteiger partial charge in [-0.1, -0.05) is 46.5 Å². The smallest absolute Gasteiger partial charge is 0.0806 e. The van der Waals surface area contributed by atoms with Gasteiger partial charge in [-0.25, -0.2) is 0 Å². The average Bonchev–Trinajstić information content (AvgIpc) is 2.28. The van der Waals surface area contributed by atoms with Crippen LogP contribution in [0.2, 0.25) is 0 Å². The fourth-order valence-corrected chi connectivity index (χ4v) is 2.39. The maximum atomic E-state index is 6.20. The van der Waals surface area contributed by atoms with Gasteiger partial charge in [0.25, 0.3) is 0 Å². The Hall–Kier alpha value is -0.0800. The molecule has 1 fully saturated rings. The first-order valence-electron chi connectivity index (χ1n) is 7.06. The topological polar surface area (TPSA) is 21.3 Å². The van der Waals surface area contributed by atoms with Crippen LogP contribution >= 0.6 is 0 Å². The molecule has 0 aromatic carbocycles. The third-order valence-electron chi connectivity index (χ3n) is 3.50. The van der Waals surface area contributed by atoms with Crippen molar-refractivity contribution in [3.8, 4) is 0 Å². The monoisotopic (exact) mass is 227 g/mol. The van der Waals surface area contributed by atoms with Crippen molar-refractivity contribution >= 4 is 0 Å². The van der Waals surface area contributed by atoms with E-state index in [0.717, 1.165) is 13.2 Å². The summed E-state index contributed by atoms with van der Waals surface area (Å²) in [4.78, 5) is 0. The standard InChI is InChI=1S/C14H29NO/c1-4-5-11-16-14(12-15-13(2)3)9-7-6-8-10-14/h13,15H,4-12H2,1-3H3. The molecule has 0 unspecified atom stereocenters. The second-order valence-corrected chi connectivity index (χ2v) is 5.48. The Kier molecular flexibility index (Phi) is 6.37. The van der Waals surface area contributed by atoms with Gasteiger partial charge in [0, 0.05) is 19.2 Å². The second kappa shape index (κ2) is 7.29. The van der Waals surface area contributed by atoms with Crippen LogP contribution in [-0.4, -0.2) is 24.8 Å². The van der Waals surface area contributed by atoms with Crippen LogP contribution in [0, 0.1) is 0 Å². The molecule has 0 heterocycles. The van der Waals surface area contributed by atoms with E-state index in [1.165, 1.54) is 44.9 Å². The predicted molar refractivity (Wildman–Crippen MR) is 69.8 cm³/mol. The summed E-state index contributed by atoms with van der Waals surface area (Å²) in [6.07, 6.45) is 8.99. The van der Waals surface area contributed by atoms with Crippen LogP contribution in [0.1, 0.15) is 65.7 Å². The van der Waals surface area contributed by atoms with Gasteiger partial charge in [0.1, 0.15) is 0 Å². The number of nitrogens with one attached hydrogen (secondary N) is 1. The molecule has 0 aliphatic heterocycles. The van der Waals surface area contributed by atoms with E-state index in [-0.39, 0.29) is 5.60 Å². The Morgan fingerprint density at radius 3 is 2.44 bits per heavy atom. The van der Waals surface area contributed by atoms with Crippen molar-refractivity contribution in [2.75, 3.05) is 13.2 Å². The van der Waals surface area contributed by atoms with Crippen molar-refractivity contribution < 1.29 is 4.74 Å². The van der Waals surface area contributed by atoms with Gasteiger partial charge in [0.05, 0.1) is 5.60 Å². The molecular weight excluding hydrogens is 198 g/mol. The van der Waals surface area contributed by atoms with Gasteiger partial charge < -0.3 is 10.1 Å². The molecule has 0 aromatic heterocycles. The van der Waals surface area contributed by atoms with Crippen LogP contribution in [0.5, 0.6) is 0 Å². The number of rotatable bonds is 7. The van der Waals surface area contributed by atoms with E-state index >= 15 is 0 Å². The summed E-state index contributed by atoms with van der Waals surface area (Å²) in [6.45, 7) is 8.62. The largest absolute Gasteiger partial charge is 0.374 e.